The monoisotopic (exact) mass is 314 g/mol. The van der Waals surface area contributed by atoms with Gasteiger partial charge in [0.15, 0.2) is 0 Å². The number of carboxylic acids is 1. The van der Waals surface area contributed by atoms with Gasteiger partial charge in [0.25, 0.3) is 0 Å². The average Bonchev–Trinajstić information content (AvgIpc) is 3.03. The summed E-state index contributed by atoms with van der Waals surface area (Å²) in [5, 5.41) is 13.3. The van der Waals surface area contributed by atoms with Crippen LogP contribution in [0, 0.1) is 0 Å². The summed E-state index contributed by atoms with van der Waals surface area (Å²) >= 11 is 0. The Morgan fingerprint density at radius 3 is 2.78 bits per heavy atom. The van der Waals surface area contributed by atoms with E-state index in [0.717, 1.165) is 26.1 Å². The largest absolute Gasteiger partial charge is 0.478 e. The van der Waals surface area contributed by atoms with Gasteiger partial charge in [-0.15, -0.1) is 0 Å². The van der Waals surface area contributed by atoms with E-state index in [4.69, 9.17) is 10.8 Å². The zero-order valence-corrected chi connectivity index (χ0v) is 13.2. The summed E-state index contributed by atoms with van der Waals surface area (Å²) in [6.07, 6.45) is 3.80. The highest BCUT2D eigenvalue weighted by Crippen LogP contribution is 2.29. The maximum Gasteiger partial charge on any atom is 0.338 e. The lowest BCUT2D eigenvalue weighted by Gasteiger charge is -2.44. The first-order valence-corrected chi connectivity index (χ1v) is 7.79. The molecule has 1 saturated heterocycles. The van der Waals surface area contributed by atoms with E-state index >= 15 is 0 Å². The molecule has 1 aromatic heterocycles. The first-order chi connectivity index (χ1) is 11.0. The van der Waals surface area contributed by atoms with E-state index in [1.165, 1.54) is 11.8 Å². The molecule has 6 nitrogen and oxygen atoms in total. The lowest BCUT2D eigenvalue weighted by molar-refractivity contribution is 0.0693. The van der Waals surface area contributed by atoms with E-state index in [1.54, 1.807) is 10.9 Å². The Kier molecular flexibility index (Phi) is 4.19. The van der Waals surface area contributed by atoms with Crippen molar-refractivity contribution < 1.29 is 9.90 Å². The fraction of sp³-hybridized carbons (Fsp3) is 0.412. The molecule has 1 fully saturated rings. The highest BCUT2D eigenvalue weighted by atomic mass is 16.4. The molecule has 1 aromatic carbocycles. The number of nitrogens with two attached hydrogens (primary N) is 1. The third kappa shape index (κ3) is 3.13. The van der Waals surface area contributed by atoms with Gasteiger partial charge in [-0.1, -0.05) is 30.3 Å². The summed E-state index contributed by atoms with van der Waals surface area (Å²) in [4.78, 5) is 13.4. The highest BCUT2D eigenvalue weighted by Gasteiger charge is 2.39. The van der Waals surface area contributed by atoms with Crippen molar-refractivity contribution in [3.05, 3.63) is 53.9 Å². The van der Waals surface area contributed by atoms with Gasteiger partial charge >= 0.3 is 5.97 Å². The molecule has 2 heterocycles. The molecular weight excluding hydrogens is 292 g/mol. The second kappa shape index (κ2) is 6.14. The van der Waals surface area contributed by atoms with Gasteiger partial charge in [0.1, 0.15) is 0 Å². The molecule has 122 valence electrons. The number of rotatable bonds is 4. The van der Waals surface area contributed by atoms with Crippen LogP contribution >= 0.6 is 0 Å². The van der Waals surface area contributed by atoms with Crippen LogP contribution in [0.3, 0.4) is 0 Å². The number of likely N-dealkylation sites (tertiary alicyclic amines) is 1. The zero-order valence-electron chi connectivity index (χ0n) is 13.2. The molecule has 0 saturated carbocycles. The van der Waals surface area contributed by atoms with Gasteiger partial charge in [0.05, 0.1) is 17.3 Å². The van der Waals surface area contributed by atoms with Crippen molar-refractivity contribution in [1.82, 2.24) is 14.7 Å². The Balaban J connectivity index is 1.71. The van der Waals surface area contributed by atoms with Crippen LogP contribution < -0.4 is 5.73 Å². The summed E-state index contributed by atoms with van der Waals surface area (Å²) < 4.78 is 1.72. The van der Waals surface area contributed by atoms with Gasteiger partial charge < -0.3 is 10.8 Å². The number of carboxylic acid groups (broad SMARTS) is 1. The number of carbonyl (C=O) groups is 1. The fourth-order valence-corrected chi connectivity index (χ4v) is 3.12. The van der Waals surface area contributed by atoms with E-state index in [2.05, 4.69) is 29.1 Å². The second-order valence-electron chi connectivity index (χ2n) is 6.41. The normalized spacial score (nSPS) is 25.4. The molecule has 0 amide bonds. The minimum absolute atomic E-state index is 0.110. The van der Waals surface area contributed by atoms with Crippen LogP contribution in [0.5, 0.6) is 0 Å². The molecule has 2 atom stereocenters. The average molecular weight is 314 g/mol. The second-order valence-corrected chi connectivity index (χ2v) is 6.41. The summed E-state index contributed by atoms with van der Waals surface area (Å²) in [5.74, 6) is -0.963. The van der Waals surface area contributed by atoms with E-state index in [-0.39, 0.29) is 17.1 Å². The van der Waals surface area contributed by atoms with Crippen molar-refractivity contribution in [2.45, 2.75) is 31.5 Å². The number of benzene rings is 1. The SMILES string of the molecule is CC1(n2cc(C(=O)O)cn2)CCN(Cc2ccccc2)CC1N. The van der Waals surface area contributed by atoms with E-state index in [9.17, 15) is 4.79 Å². The van der Waals surface area contributed by atoms with Crippen LogP contribution in [0.1, 0.15) is 29.3 Å². The van der Waals surface area contributed by atoms with Crippen LogP contribution in [0.15, 0.2) is 42.7 Å². The topological polar surface area (TPSA) is 84.4 Å². The first kappa shape index (κ1) is 15.7. The van der Waals surface area contributed by atoms with Gasteiger partial charge in [-0.05, 0) is 18.9 Å². The molecule has 3 N–H and O–H groups in total. The van der Waals surface area contributed by atoms with Crippen LogP contribution in [0.2, 0.25) is 0 Å². The van der Waals surface area contributed by atoms with E-state index < -0.39 is 5.97 Å². The molecular formula is C17H22N4O2. The molecule has 23 heavy (non-hydrogen) atoms. The van der Waals surface area contributed by atoms with Gasteiger partial charge in [0.2, 0.25) is 0 Å². The van der Waals surface area contributed by atoms with Crippen molar-refractivity contribution in [1.29, 1.82) is 0 Å². The molecule has 0 bridgehead atoms. The molecule has 2 unspecified atom stereocenters. The summed E-state index contributed by atoms with van der Waals surface area (Å²) in [6.45, 7) is 4.59. The lowest BCUT2D eigenvalue weighted by atomic mass is 9.85. The van der Waals surface area contributed by atoms with E-state index in [1.807, 2.05) is 18.2 Å². The smallest absolute Gasteiger partial charge is 0.338 e. The van der Waals surface area contributed by atoms with Crippen molar-refractivity contribution >= 4 is 5.97 Å². The number of piperidine rings is 1. The highest BCUT2D eigenvalue weighted by molar-refractivity contribution is 5.86. The lowest BCUT2D eigenvalue weighted by Crippen LogP contribution is -2.58. The van der Waals surface area contributed by atoms with Crippen molar-refractivity contribution in [3.63, 3.8) is 0 Å². The molecule has 0 aliphatic carbocycles. The number of hydrogen-bond donors (Lipinski definition) is 2. The van der Waals surface area contributed by atoms with Crippen LogP contribution in [-0.4, -0.2) is 44.9 Å². The third-order valence-corrected chi connectivity index (χ3v) is 4.79. The summed E-state index contributed by atoms with van der Waals surface area (Å²) in [6, 6.07) is 10.2. The zero-order chi connectivity index (χ0) is 16.4. The standard InChI is InChI=1S/C17H22N4O2/c1-17(21-11-14(9-19-21)16(22)23)7-8-20(12-15(17)18)10-13-5-3-2-4-6-13/h2-6,9,11,15H,7-8,10,12,18H2,1H3,(H,22,23). The Hall–Kier alpha value is -2.18. The molecule has 0 radical (unpaired) electrons. The molecule has 0 spiro atoms. The molecule has 6 heteroatoms. The van der Waals surface area contributed by atoms with Gasteiger partial charge in [-0.25, -0.2) is 4.79 Å². The van der Waals surface area contributed by atoms with E-state index in [0.29, 0.717) is 0 Å². The predicted molar refractivity (Wildman–Crippen MR) is 87.1 cm³/mol. The minimum Gasteiger partial charge on any atom is -0.478 e. The molecule has 3 rings (SSSR count). The first-order valence-electron chi connectivity index (χ1n) is 7.79. The van der Waals surface area contributed by atoms with Crippen LogP contribution in [0.25, 0.3) is 0 Å². The minimum atomic E-state index is -0.963. The van der Waals surface area contributed by atoms with Gasteiger partial charge in [-0.3, -0.25) is 9.58 Å². The molecule has 1 aliphatic heterocycles. The Bertz CT molecular complexity index is 685. The Morgan fingerprint density at radius 2 is 2.17 bits per heavy atom. The quantitative estimate of drug-likeness (QED) is 0.894. The van der Waals surface area contributed by atoms with Crippen LogP contribution in [-0.2, 0) is 12.1 Å². The number of aromatic nitrogens is 2. The van der Waals surface area contributed by atoms with Crippen molar-refractivity contribution in [2.24, 2.45) is 5.73 Å². The maximum absolute atomic E-state index is 11.0. The van der Waals surface area contributed by atoms with Crippen molar-refractivity contribution in [3.8, 4) is 0 Å². The number of aromatic carboxylic acids is 1. The Morgan fingerprint density at radius 1 is 1.43 bits per heavy atom. The fourth-order valence-electron chi connectivity index (χ4n) is 3.12. The van der Waals surface area contributed by atoms with Crippen molar-refractivity contribution in [2.75, 3.05) is 13.1 Å². The number of hydrogen-bond acceptors (Lipinski definition) is 4. The summed E-state index contributed by atoms with van der Waals surface area (Å²) in [7, 11) is 0. The Labute approximate surface area is 135 Å². The van der Waals surface area contributed by atoms with Gasteiger partial charge in [0, 0.05) is 31.9 Å². The maximum atomic E-state index is 11.0. The summed E-state index contributed by atoms with van der Waals surface area (Å²) in [5.41, 5.74) is 7.54. The number of nitrogens with zero attached hydrogens (tertiary/aromatic N) is 3. The van der Waals surface area contributed by atoms with Crippen LogP contribution in [0.4, 0.5) is 0 Å². The third-order valence-electron chi connectivity index (χ3n) is 4.79. The van der Waals surface area contributed by atoms with Gasteiger partial charge in [-0.2, -0.15) is 5.10 Å². The molecule has 1 aliphatic rings. The molecule has 2 aromatic rings. The predicted octanol–water partition coefficient (Wildman–Crippen LogP) is 1.53.